The summed E-state index contributed by atoms with van der Waals surface area (Å²) in [7, 11) is 0. The van der Waals surface area contributed by atoms with Gasteiger partial charge in [0.2, 0.25) is 0 Å². The molecule has 130 valence electrons. The van der Waals surface area contributed by atoms with Crippen LogP contribution in [0.5, 0.6) is 0 Å². The molecule has 0 fully saturated rings. The third kappa shape index (κ3) is 8.35. The number of carbonyl (C=O) groups is 2. The van der Waals surface area contributed by atoms with Gasteiger partial charge in [0.15, 0.2) is 0 Å². The van der Waals surface area contributed by atoms with Crippen LogP contribution in [0.25, 0.3) is 0 Å². The van der Waals surface area contributed by atoms with Gasteiger partial charge in [-0.15, -0.1) is 5.73 Å². The van der Waals surface area contributed by atoms with Crippen LogP contribution in [0.1, 0.15) is 47.1 Å². The van der Waals surface area contributed by atoms with Crippen LogP contribution in [0, 0.1) is 0 Å². The second-order valence-electron chi connectivity index (χ2n) is 7.46. The molecule has 0 saturated carbocycles. The van der Waals surface area contributed by atoms with E-state index in [-0.39, 0.29) is 5.57 Å². The van der Waals surface area contributed by atoms with Crippen molar-refractivity contribution in [1.29, 1.82) is 0 Å². The molecule has 0 aliphatic rings. The lowest BCUT2D eigenvalue weighted by Crippen LogP contribution is -2.25. The molecule has 0 atom stereocenters. The van der Waals surface area contributed by atoms with E-state index >= 15 is 0 Å². The molecule has 0 aromatic heterocycles. The predicted molar refractivity (Wildman–Crippen MR) is 93.4 cm³/mol. The second kappa shape index (κ2) is 7.98. The van der Waals surface area contributed by atoms with Gasteiger partial charge < -0.3 is 9.47 Å². The summed E-state index contributed by atoms with van der Waals surface area (Å²) in [4.78, 5) is 24.2. The first kappa shape index (κ1) is 19.7. The number of esters is 2. The minimum absolute atomic E-state index is 0.280. The number of hydrogen-bond acceptors (Lipinski definition) is 4. The van der Waals surface area contributed by atoms with Crippen LogP contribution in [0.3, 0.4) is 0 Å². The molecule has 1 aromatic rings. The van der Waals surface area contributed by atoms with Crippen LogP contribution in [0.4, 0.5) is 0 Å². The lowest BCUT2D eigenvalue weighted by atomic mass is 10.1. The van der Waals surface area contributed by atoms with Gasteiger partial charge in [-0.1, -0.05) is 30.3 Å². The van der Waals surface area contributed by atoms with Crippen molar-refractivity contribution in [2.75, 3.05) is 0 Å². The van der Waals surface area contributed by atoms with Gasteiger partial charge in [-0.3, -0.25) is 0 Å². The van der Waals surface area contributed by atoms with Crippen LogP contribution < -0.4 is 0 Å². The average Bonchev–Trinajstić information content (AvgIpc) is 2.40. The van der Waals surface area contributed by atoms with Gasteiger partial charge in [0.05, 0.1) is 11.6 Å². The molecule has 1 aromatic carbocycles. The molecule has 1 rings (SSSR count). The summed E-state index contributed by atoms with van der Waals surface area (Å²) < 4.78 is 10.6. The first-order valence-corrected chi connectivity index (χ1v) is 7.92. The summed E-state index contributed by atoms with van der Waals surface area (Å²) in [6.07, 6.45) is 1.47. The van der Waals surface area contributed by atoms with Crippen molar-refractivity contribution in [3.8, 4) is 0 Å². The van der Waals surface area contributed by atoms with Gasteiger partial charge in [-0.05, 0) is 47.1 Å². The van der Waals surface area contributed by atoms with Crippen LogP contribution >= 0.6 is 0 Å². The van der Waals surface area contributed by atoms with Crippen molar-refractivity contribution < 1.29 is 19.1 Å². The molecule has 0 spiro atoms. The van der Waals surface area contributed by atoms with Gasteiger partial charge in [-0.2, -0.15) is 0 Å². The van der Waals surface area contributed by atoms with E-state index in [0.717, 1.165) is 11.6 Å². The summed E-state index contributed by atoms with van der Waals surface area (Å²) >= 11 is 0. The smallest absolute Gasteiger partial charge is 0.342 e. The summed E-state index contributed by atoms with van der Waals surface area (Å²) in [5.41, 5.74) is 2.75. The number of carbonyl (C=O) groups excluding carboxylic acids is 2. The summed E-state index contributed by atoms with van der Waals surface area (Å²) in [6.45, 7) is 10.7. The van der Waals surface area contributed by atoms with Crippen LogP contribution in [0.2, 0.25) is 0 Å². The molecule has 0 radical (unpaired) electrons. The second-order valence-corrected chi connectivity index (χ2v) is 7.46. The van der Waals surface area contributed by atoms with Crippen LogP contribution in [0.15, 0.2) is 47.7 Å². The number of rotatable bonds is 4. The topological polar surface area (TPSA) is 52.6 Å². The first-order chi connectivity index (χ1) is 11.0. The van der Waals surface area contributed by atoms with Gasteiger partial charge >= 0.3 is 11.9 Å². The molecule has 0 saturated heterocycles. The quantitative estimate of drug-likeness (QED) is 0.476. The zero-order valence-corrected chi connectivity index (χ0v) is 15.3. The summed E-state index contributed by atoms with van der Waals surface area (Å²) in [6, 6.07) is 9.48. The molecule has 4 nitrogen and oxygen atoms in total. The fraction of sp³-hybridized carbons (Fsp3) is 0.450. The monoisotopic (exact) mass is 330 g/mol. The Morgan fingerprint density at radius 2 is 1.50 bits per heavy atom. The fourth-order valence-corrected chi connectivity index (χ4v) is 1.80. The van der Waals surface area contributed by atoms with E-state index in [0.29, 0.717) is 6.42 Å². The maximum Gasteiger partial charge on any atom is 0.342 e. The fourth-order valence-electron chi connectivity index (χ4n) is 1.80. The third-order valence-corrected chi connectivity index (χ3v) is 2.64. The normalized spacial score (nSPS) is 11.2. The van der Waals surface area contributed by atoms with E-state index in [1.807, 2.05) is 30.3 Å². The molecular formula is C20H26O4. The number of hydrogen-bond donors (Lipinski definition) is 0. The Balaban J connectivity index is 3.06. The van der Waals surface area contributed by atoms with Crippen molar-refractivity contribution in [2.24, 2.45) is 0 Å². The van der Waals surface area contributed by atoms with Gasteiger partial charge in [0.1, 0.15) is 11.2 Å². The predicted octanol–water partition coefficient (Wildman–Crippen LogP) is 3.99. The van der Waals surface area contributed by atoms with Crippen molar-refractivity contribution >= 4 is 11.9 Å². The Kier molecular flexibility index (Phi) is 6.56. The van der Waals surface area contributed by atoms with Crippen molar-refractivity contribution in [2.45, 2.75) is 59.2 Å². The standard InChI is InChI=1S/C20H26O4/c1-19(2,3)23-17(21)13-12-16(18(22)24-20(4,5)6)14-15-10-8-7-9-11-15/h7-11,13H,14H2,1-6H3. The maximum absolute atomic E-state index is 12.4. The summed E-state index contributed by atoms with van der Waals surface area (Å²) in [5, 5.41) is 0. The first-order valence-electron chi connectivity index (χ1n) is 7.92. The molecular weight excluding hydrogens is 304 g/mol. The minimum Gasteiger partial charge on any atom is -0.456 e. The Hall–Kier alpha value is -2.32. The Morgan fingerprint density at radius 1 is 0.958 bits per heavy atom. The van der Waals surface area contributed by atoms with Gasteiger partial charge in [0, 0.05) is 6.42 Å². The van der Waals surface area contributed by atoms with E-state index < -0.39 is 23.1 Å². The Labute approximate surface area is 144 Å². The maximum atomic E-state index is 12.4. The molecule has 0 aliphatic carbocycles. The molecule has 0 aliphatic heterocycles. The zero-order valence-electron chi connectivity index (χ0n) is 15.3. The Morgan fingerprint density at radius 3 is 2.00 bits per heavy atom. The lowest BCUT2D eigenvalue weighted by Gasteiger charge is -2.20. The van der Waals surface area contributed by atoms with Crippen molar-refractivity contribution in [3.05, 3.63) is 53.3 Å². The van der Waals surface area contributed by atoms with Crippen LogP contribution in [-0.4, -0.2) is 23.1 Å². The van der Waals surface area contributed by atoms with Gasteiger partial charge in [0.25, 0.3) is 0 Å². The molecule has 24 heavy (non-hydrogen) atoms. The molecule has 0 bridgehead atoms. The lowest BCUT2D eigenvalue weighted by molar-refractivity contribution is -0.150. The molecule has 0 amide bonds. The van der Waals surface area contributed by atoms with E-state index in [9.17, 15) is 9.59 Å². The van der Waals surface area contributed by atoms with E-state index in [4.69, 9.17) is 9.47 Å². The molecule has 0 heterocycles. The van der Waals surface area contributed by atoms with E-state index in [2.05, 4.69) is 5.73 Å². The highest BCUT2D eigenvalue weighted by Gasteiger charge is 2.20. The van der Waals surface area contributed by atoms with Crippen molar-refractivity contribution in [3.63, 3.8) is 0 Å². The van der Waals surface area contributed by atoms with Crippen LogP contribution in [-0.2, 0) is 25.5 Å². The average molecular weight is 330 g/mol. The van der Waals surface area contributed by atoms with E-state index in [1.54, 1.807) is 41.5 Å². The minimum atomic E-state index is -0.618. The van der Waals surface area contributed by atoms with Gasteiger partial charge in [-0.25, -0.2) is 9.59 Å². The molecule has 4 heteroatoms. The highest BCUT2D eigenvalue weighted by molar-refractivity contribution is 5.90. The zero-order chi connectivity index (χ0) is 18.4. The third-order valence-electron chi connectivity index (χ3n) is 2.64. The number of benzene rings is 1. The largest absolute Gasteiger partial charge is 0.456 e. The Bertz CT molecular complexity index is 636. The number of ether oxygens (including phenoxy) is 2. The van der Waals surface area contributed by atoms with Crippen molar-refractivity contribution in [1.82, 2.24) is 0 Å². The summed E-state index contributed by atoms with van der Waals surface area (Å²) in [5.74, 6) is -1.04. The SMILES string of the molecule is CC(C)(C)OC(=O)C=C=C(Cc1ccccc1)C(=O)OC(C)(C)C. The highest BCUT2D eigenvalue weighted by atomic mass is 16.6. The molecule has 0 N–H and O–H groups in total. The molecule has 0 unspecified atom stereocenters. The van der Waals surface area contributed by atoms with E-state index in [1.165, 1.54) is 0 Å². The highest BCUT2D eigenvalue weighted by Crippen LogP contribution is 2.14.